The van der Waals surface area contributed by atoms with Gasteiger partial charge in [0.25, 0.3) is 0 Å². The van der Waals surface area contributed by atoms with Gasteiger partial charge in [-0.3, -0.25) is 9.58 Å². The largest absolute Gasteiger partial charge is 0.314 e. The van der Waals surface area contributed by atoms with E-state index in [2.05, 4.69) is 34.1 Å². The van der Waals surface area contributed by atoms with E-state index in [1.807, 2.05) is 11.7 Å². The van der Waals surface area contributed by atoms with E-state index in [0.717, 1.165) is 50.8 Å². The zero-order chi connectivity index (χ0) is 12.3. The summed E-state index contributed by atoms with van der Waals surface area (Å²) in [4.78, 5) is 7.06. The third-order valence-corrected chi connectivity index (χ3v) is 3.06. The highest BCUT2D eigenvalue weighted by Gasteiger charge is 2.14. The smallest absolute Gasteiger partial charge is 0.151 e. The van der Waals surface area contributed by atoms with Crippen LogP contribution in [0.4, 0.5) is 0 Å². The molecule has 0 atom stereocenters. The Morgan fingerprint density at radius 2 is 2.00 bits per heavy atom. The van der Waals surface area contributed by atoms with Crippen LogP contribution in [0.15, 0.2) is 0 Å². The van der Waals surface area contributed by atoms with E-state index >= 15 is 0 Å². The molecule has 2 rings (SSSR count). The van der Waals surface area contributed by atoms with E-state index < -0.39 is 0 Å². The topological polar surface area (TPSA) is 46.0 Å². The number of hydrogen-bond acceptors (Lipinski definition) is 4. The van der Waals surface area contributed by atoms with Gasteiger partial charge in [0.15, 0.2) is 5.82 Å². The van der Waals surface area contributed by atoms with Crippen LogP contribution >= 0.6 is 0 Å². The van der Waals surface area contributed by atoms with Gasteiger partial charge >= 0.3 is 0 Å². The number of rotatable bonds is 4. The van der Waals surface area contributed by atoms with Crippen LogP contribution in [-0.4, -0.2) is 45.8 Å². The van der Waals surface area contributed by atoms with Gasteiger partial charge in [-0.25, -0.2) is 4.98 Å². The minimum Gasteiger partial charge on any atom is -0.314 e. The number of nitrogens with one attached hydrogen (secondary N) is 1. The second kappa shape index (κ2) is 5.60. The highest BCUT2D eigenvalue weighted by Crippen LogP contribution is 2.07. The molecule has 0 saturated carbocycles. The lowest BCUT2D eigenvalue weighted by atomic mass is 10.1. The fourth-order valence-electron chi connectivity index (χ4n) is 2.13. The average molecular weight is 237 g/mol. The lowest BCUT2D eigenvalue weighted by molar-refractivity contribution is 0.225. The van der Waals surface area contributed by atoms with Gasteiger partial charge in [0, 0.05) is 39.6 Å². The van der Waals surface area contributed by atoms with Crippen LogP contribution in [0.25, 0.3) is 0 Å². The van der Waals surface area contributed by atoms with Crippen molar-refractivity contribution >= 4 is 0 Å². The van der Waals surface area contributed by atoms with Crippen LogP contribution in [0, 0.1) is 5.92 Å². The number of hydrogen-bond donors (Lipinski definition) is 1. The van der Waals surface area contributed by atoms with Gasteiger partial charge in [-0.15, -0.1) is 0 Å². The second-order valence-electron chi connectivity index (χ2n) is 5.19. The molecule has 0 bridgehead atoms. The zero-order valence-electron chi connectivity index (χ0n) is 11.1. The zero-order valence-corrected chi connectivity index (χ0v) is 11.1. The summed E-state index contributed by atoms with van der Waals surface area (Å²) in [7, 11) is 1.99. The van der Waals surface area contributed by atoms with E-state index in [1.54, 1.807) is 0 Å². The standard InChI is InChI=1S/C12H23N5/c1-10(2)8-11-14-12(16(3)15-11)9-17-6-4-13-5-7-17/h10,13H,4-9H2,1-3H3. The molecule has 0 aromatic carbocycles. The summed E-state index contributed by atoms with van der Waals surface area (Å²) in [6.07, 6.45) is 0.968. The molecule has 0 aliphatic carbocycles. The Hall–Kier alpha value is -0.940. The SMILES string of the molecule is CC(C)Cc1nc(CN2CCNCC2)n(C)n1. The van der Waals surface area contributed by atoms with Gasteiger partial charge in [0.1, 0.15) is 5.82 Å². The van der Waals surface area contributed by atoms with Crippen molar-refractivity contribution in [2.24, 2.45) is 13.0 Å². The number of piperazine rings is 1. The third-order valence-electron chi connectivity index (χ3n) is 3.06. The maximum absolute atomic E-state index is 4.63. The molecular formula is C12H23N5. The summed E-state index contributed by atoms with van der Waals surface area (Å²) in [6.45, 7) is 9.69. The first-order valence-electron chi connectivity index (χ1n) is 6.47. The van der Waals surface area contributed by atoms with Crippen molar-refractivity contribution in [3.63, 3.8) is 0 Å². The molecule has 0 radical (unpaired) electrons. The molecule has 1 aliphatic rings. The second-order valence-corrected chi connectivity index (χ2v) is 5.19. The fourth-order valence-corrected chi connectivity index (χ4v) is 2.13. The molecule has 1 aliphatic heterocycles. The Kier molecular flexibility index (Phi) is 4.12. The van der Waals surface area contributed by atoms with Crippen LogP contribution in [-0.2, 0) is 20.0 Å². The molecule has 2 heterocycles. The third kappa shape index (κ3) is 3.51. The molecular weight excluding hydrogens is 214 g/mol. The van der Waals surface area contributed by atoms with E-state index in [9.17, 15) is 0 Å². The van der Waals surface area contributed by atoms with E-state index in [0.29, 0.717) is 5.92 Å². The minimum atomic E-state index is 0.615. The van der Waals surface area contributed by atoms with Crippen molar-refractivity contribution in [2.75, 3.05) is 26.2 Å². The molecule has 0 amide bonds. The normalized spacial score (nSPS) is 17.9. The first-order chi connectivity index (χ1) is 8.15. The average Bonchev–Trinajstić information content (AvgIpc) is 2.59. The summed E-state index contributed by atoms with van der Waals surface area (Å²) in [6, 6.07) is 0. The minimum absolute atomic E-state index is 0.615. The predicted molar refractivity (Wildman–Crippen MR) is 67.7 cm³/mol. The lowest BCUT2D eigenvalue weighted by Gasteiger charge is -2.26. The van der Waals surface area contributed by atoms with Crippen molar-refractivity contribution < 1.29 is 0 Å². The van der Waals surface area contributed by atoms with Crippen molar-refractivity contribution in [2.45, 2.75) is 26.8 Å². The van der Waals surface area contributed by atoms with E-state index in [4.69, 9.17) is 0 Å². The van der Waals surface area contributed by atoms with Gasteiger partial charge in [0.05, 0.1) is 6.54 Å². The number of aromatic nitrogens is 3. The summed E-state index contributed by atoms with van der Waals surface area (Å²) >= 11 is 0. The number of nitrogens with zero attached hydrogens (tertiary/aromatic N) is 4. The summed E-state index contributed by atoms with van der Waals surface area (Å²) < 4.78 is 1.93. The van der Waals surface area contributed by atoms with Gasteiger partial charge in [0.2, 0.25) is 0 Å². The molecule has 1 fully saturated rings. The van der Waals surface area contributed by atoms with E-state index in [1.165, 1.54) is 0 Å². The molecule has 96 valence electrons. The summed E-state index contributed by atoms with van der Waals surface area (Å²) in [5.74, 6) is 2.68. The molecule has 5 nitrogen and oxygen atoms in total. The van der Waals surface area contributed by atoms with Crippen molar-refractivity contribution in [3.8, 4) is 0 Å². The van der Waals surface area contributed by atoms with Crippen LogP contribution in [0.5, 0.6) is 0 Å². The Labute approximate surface area is 103 Å². The van der Waals surface area contributed by atoms with Gasteiger partial charge < -0.3 is 5.32 Å². The van der Waals surface area contributed by atoms with Crippen LogP contribution in [0.3, 0.4) is 0 Å². The highest BCUT2D eigenvalue weighted by atomic mass is 15.4. The molecule has 1 N–H and O–H groups in total. The van der Waals surface area contributed by atoms with Crippen molar-refractivity contribution in [1.82, 2.24) is 25.0 Å². The molecule has 1 saturated heterocycles. The summed E-state index contributed by atoms with van der Waals surface area (Å²) in [5.41, 5.74) is 0. The summed E-state index contributed by atoms with van der Waals surface area (Å²) in [5, 5.41) is 7.84. The molecule has 0 unspecified atom stereocenters. The van der Waals surface area contributed by atoms with Crippen LogP contribution < -0.4 is 5.32 Å². The first-order valence-corrected chi connectivity index (χ1v) is 6.47. The monoisotopic (exact) mass is 237 g/mol. The Morgan fingerprint density at radius 3 is 2.65 bits per heavy atom. The maximum atomic E-state index is 4.63. The molecule has 1 aromatic heterocycles. The maximum Gasteiger partial charge on any atom is 0.151 e. The predicted octanol–water partition coefficient (Wildman–Crippen LogP) is 0.419. The van der Waals surface area contributed by atoms with Gasteiger partial charge in [-0.2, -0.15) is 5.10 Å². The first kappa shape index (κ1) is 12.5. The Bertz CT molecular complexity index is 352. The van der Waals surface area contributed by atoms with Gasteiger partial charge in [-0.1, -0.05) is 13.8 Å². The van der Waals surface area contributed by atoms with E-state index in [-0.39, 0.29) is 0 Å². The fraction of sp³-hybridized carbons (Fsp3) is 0.833. The van der Waals surface area contributed by atoms with Crippen LogP contribution in [0.2, 0.25) is 0 Å². The highest BCUT2D eigenvalue weighted by molar-refractivity contribution is 4.94. The quantitative estimate of drug-likeness (QED) is 0.824. The van der Waals surface area contributed by atoms with Crippen molar-refractivity contribution in [3.05, 3.63) is 11.6 Å². The van der Waals surface area contributed by atoms with Gasteiger partial charge in [-0.05, 0) is 5.92 Å². The molecule has 17 heavy (non-hydrogen) atoms. The van der Waals surface area contributed by atoms with Crippen LogP contribution in [0.1, 0.15) is 25.5 Å². The molecule has 0 spiro atoms. The molecule has 5 heteroatoms. The molecule has 1 aromatic rings. The Balaban J connectivity index is 1.97. The lowest BCUT2D eigenvalue weighted by Crippen LogP contribution is -2.43. The number of aryl methyl sites for hydroxylation is 1. The Morgan fingerprint density at radius 1 is 1.29 bits per heavy atom. The van der Waals surface area contributed by atoms with Crippen molar-refractivity contribution in [1.29, 1.82) is 0 Å².